The molecule has 0 bridgehead atoms. The molecule has 0 amide bonds. The van der Waals surface area contributed by atoms with Gasteiger partial charge in [-0.15, -0.1) is 0 Å². The van der Waals surface area contributed by atoms with Crippen molar-refractivity contribution in [3.05, 3.63) is 18.2 Å². The molecule has 0 N–H and O–H groups in total. The van der Waals surface area contributed by atoms with Crippen LogP contribution in [0.3, 0.4) is 0 Å². The van der Waals surface area contributed by atoms with E-state index in [-0.39, 0.29) is 12.0 Å². The normalized spacial score (nSPS) is 17.1. The molecule has 1 aliphatic rings. The summed E-state index contributed by atoms with van der Waals surface area (Å²) in [6.45, 7) is 4.54. The summed E-state index contributed by atoms with van der Waals surface area (Å²) in [7, 11) is 3.05. The Bertz CT molecular complexity index is 463. The molecule has 0 aliphatic carbocycles. The third kappa shape index (κ3) is 3.65. The predicted octanol–water partition coefficient (Wildman–Crippen LogP) is 1.33. The van der Waals surface area contributed by atoms with Gasteiger partial charge in [0.2, 0.25) is 5.75 Å². The lowest BCUT2D eigenvalue weighted by Gasteiger charge is -2.30. The summed E-state index contributed by atoms with van der Waals surface area (Å²) in [5.41, 5.74) is 0. The summed E-state index contributed by atoms with van der Waals surface area (Å²) in [4.78, 5) is 14.4. The monoisotopic (exact) mass is 295 g/mol. The first-order valence-electron chi connectivity index (χ1n) is 6.92. The van der Waals surface area contributed by atoms with E-state index in [4.69, 9.17) is 18.9 Å². The molecule has 2 rings (SSSR count). The molecule has 6 heteroatoms. The van der Waals surface area contributed by atoms with Gasteiger partial charge in [0.1, 0.15) is 6.04 Å². The molecule has 1 heterocycles. The molecule has 1 aromatic carbocycles. The van der Waals surface area contributed by atoms with Gasteiger partial charge in [-0.05, 0) is 19.1 Å². The molecular formula is C15H21NO5. The number of carbonyl (C=O) groups is 1. The van der Waals surface area contributed by atoms with Crippen LogP contribution < -0.4 is 14.2 Å². The fraction of sp³-hybridized carbons (Fsp3) is 0.533. The van der Waals surface area contributed by atoms with Gasteiger partial charge in [-0.1, -0.05) is 6.07 Å². The van der Waals surface area contributed by atoms with Crippen LogP contribution in [0.25, 0.3) is 0 Å². The maximum absolute atomic E-state index is 12.3. The van der Waals surface area contributed by atoms with Crippen LogP contribution in [0.4, 0.5) is 0 Å². The van der Waals surface area contributed by atoms with Crippen LogP contribution in [0, 0.1) is 0 Å². The number of hydrogen-bond donors (Lipinski definition) is 0. The summed E-state index contributed by atoms with van der Waals surface area (Å²) in [5.74, 6) is 0.918. The third-order valence-corrected chi connectivity index (χ3v) is 3.52. The zero-order chi connectivity index (χ0) is 15.2. The van der Waals surface area contributed by atoms with Gasteiger partial charge in [0.05, 0.1) is 27.4 Å². The summed E-state index contributed by atoms with van der Waals surface area (Å²) in [5, 5.41) is 0. The van der Waals surface area contributed by atoms with E-state index in [1.165, 1.54) is 14.2 Å². The van der Waals surface area contributed by atoms with Crippen molar-refractivity contribution >= 4 is 5.97 Å². The van der Waals surface area contributed by atoms with Crippen molar-refractivity contribution in [1.29, 1.82) is 0 Å². The molecule has 0 spiro atoms. The molecule has 0 saturated carbocycles. The topological polar surface area (TPSA) is 57.2 Å². The van der Waals surface area contributed by atoms with E-state index in [2.05, 4.69) is 0 Å². The van der Waals surface area contributed by atoms with Crippen LogP contribution in [0.5, 0.6) is 17.2 Å². The minimum absolute atomic E-state index is 0.313. The van der Waals surface area contributed by atoms with E-state index < -0.39 is 0 Å². The minimum atomic E-state index is -0.344. The Labute approximate surface area is 124 Å². The zero-order valence-corrected chi connectivity index (χ0v) is 12.6. The number of nitrogens with zero attached hydrogens (tertiary/aromatic N) is 1. The SMILES string of the molecule is COc1cccc(OC)c1OC(=O)C(C)N1CCOCC1. The number of methoxy groups -OCH3 is 2. The summed E-state index contributed by atoms with van der Waals surface area (Å²) < 4.78 is 21.2. The highest BCUT2D eigenvalue weighted by molar-refractivity contribution is 5.79. The first kappa shape index (κ1) is 15.6. The van der Waals surface area contributed by atoms with Crippen molar-refractivity contribution in [3.63, 3.8) is 0 Å². The van der Waals surface area contributed by atoms with E-state index in [9.17, 15) is 4.79 Å². The van der Waals surface area contributed by atoms with E-state index in [0.717, 1.165) is 13.1 Å². The van der Waals surface area contributed by atoms with Crippen molar-refractivity contribution in [2.75, 3.05) is 40.5 Å². The molecule has 116 valence electrons. The molecule has 6 nitrogen and oxygen atoms in total. The molecule has 0 radical (unpaired) electrons. The number of morpholine rings is 1. The van der Waals surface area contributed by atoms with Crippen LogP contribution >= 0.6 is 0 Å². The zero-order valence-electron chi connectivity index (χ0n) is 12.6. The number of ether oxygens (including phenoxy) is 4. The summed E-state index contributed by atoms with van der Waals surface area (Å²) in [6.07, 6.45) is 0. The van der Waals surface area contributed by atoms with Crippen LogP contribution in [0.1, 0.15) is 6.92 Å². The fourth-order valence-electron chi connectivity index (χ4n) is 2.22. The molecule has 21 heavy (non-hydrogen) atoms. The van der Waals surface area contributed by atoms with Crippen LogP contribution in [0.2, 0.25) is 0 Å². The Morgan fingerprint density at radius 2 is 1.76 bits per heavy atom. The Hall–Kier alpha value is -1.79. The first-order chi connectivity index (χ1) is 10.2. The molecule has 1 fully saturated rings. The van der Waals surface area contributed by atoms with Gasteiger partial charge in [-0.2, -0.15) is 0 Å². The number of carbonyl (C=O) groups excluding carboxylic acids is 1. The maximum Gasteiger partial charge on any atom is 0.328 e. The van der Waals surface area contributed by atoms with Gasteiger partial charge in [0.25, 0.3) is 0 Å². The molecular weight excluding hydrogens is 274 g/mol. The second-order valence-electron chi connectivity index (χ2n) is 4.74. The predicted molar refractivity (Wildman–Crippen MR) is 77.0 cm³/mol. The molecule has 1 saturated heterocycles. The highest BCUT2D eigenvalue weighted by Gasteiger charge is 2.26. The fourth-order valence-corrected chi connectivity index (χ4v) is 2.22. The molecule has 1 atom stereocenters. The molecule has 1 aliphatic heterocycles. The van der Waals surface area contributed by atoms with Gasteiger partial charge >= 0.3 is 5.97 Å². The van der Waals surface area contributed by atoms with E-state index >= 15 is 0 Å². The summed E-state index contributed by atoms with van der Waals surface area (Å²) >= 11 is 0. The Kier molecular flexibility index (Phi) is 5.41. The van der Waals surface area contributed by atoms with Crippen LogP contribution in [0.15, 0.2) is 18.2 Å². The van der Waals surface area contributed by atoms with Crippen molar-refractivity contribution < 1.29 is 23.7 Å². The van der Waals surface area contributed by atoms with Crippen molar-refractivity contribution in [2.24, 2.45) is 0 Å². The van der Waals surface area contributed by atoms with Crippen molar-refractivity contribution in [3.8, 4) is 17.2 Å². The largest absolute Gasteiger partial charge is 0.493 e. The lowest BCUT2D eigenvalue weighted by Crippen LogP contribution is -2.47. The highest BCUT2D eigenvalue weighted by atomic mass is 16.6. The molecule has 1 unspecified atom stereocenters. The molecule has 1 aromatic rings. The smallest absolute Gasteiger partial charge is 0.328 e. The van der Waals surface area contributed by atoms with E-state index in [1.807, 2.05) is 11.8 Å². The number of rotatable bonds is 5. The van der Waals surface area contributed by atoms with Crippen molar-refractivity contribution in [1.82, 2.24) is 4.90 Å². The average molecular weight is 295 g/mol. The number of esters is 1. The number of benzene rings is 1. The Morgan fingerprint density at radius 3 is 2.29 bits per heavy atom. The lowest BCUT2D eigenvalue weighted by molar-refractivity contribution is -0.141. The van der Waals surface area contributed by atoms with E-state index in [1.54, 1.807) is 18.2 Å². The molecule has 0 aromatic heterocycles. The number of para-hydroxylation sites is 1. The van der Waals surface area contributed by atoms with E-state index in [0.29, 0.717) is 30.5 Å². The lowest BCUT2D eigenvalue weighted by atomic mass is 10.2. The Balaban J connectivity index is 2.11. The average Bonchev–Trinajstić information content (AvgIpc) is 2.55. The first-order valence-corrected chi connectivity index (χ1v) is 6.92. The number of hydrogen-bond acceptors (Lipinski definition) is 6. The van der Waals surface area contributed by atoms with Crippen molar-refractivity contribution in [2.45, 2.75) is 13.0 Å². The highest BCUT2D eigenvalue weighted by Crippen LogP contribution is 2.37. The van der Waals surface area contributed by atoms with Crippen LogP contribution in [-0.4, -0.2) is 57.4 Å². The van der Waals surface area contributed by atoms with Gasteiger partial charge in [-0.25, -0.2) is 4.79 Å². The second-order valence-corrected chi connectivity index (χ2v) is 4.74. The van der Waals surface area contributed by atoms with Gasteiger partial charge in [0.15, 0.2) is 11.5 Å². The maximum atomic E-state index is 12.3. The Morgan fingerprint density at radius 1 is 1.19 bits per heavy atom. The standard InChI is InChI=1S/C15H21NO5/c1-11(16-7-9-20-10-8-16)15(17)21-14-12(18-2)5-4-6-13(14)19-3/h4-6,11H,7-10H2,1-3H3. The van der Waals surface area contributed by atoms with Crippen LogP contribution in [-0.2, 0) is 9.53 Å². The second kappa shape index (κ2) is 7.28. The van der Waals surface area contributed by atoms with Gasteiger partial charge < -0.3 is 18.9 Å². The summed E-state index contributed by atoms with van der Waals surface area (Å²) in [6, 6.07) is 4.89. The quantitative estimate of drug-likeness (QED) is 0.603. The third-order valence-electron chi connectivity index (χ3n) is 3.52. The minimum Gasteiger partial charge on any atom is -0.493 e. The van der Waals surface area contributed by atoms with Gasteiger partial charge in [0, 0.05) is 13.1 Å². The van der Waals surface area contributed by atoms with Gasteiger partial charge in [-0.3, -0.25) is 4.90 Å².